The normalized spacial score (nSPS) is 14.6. The number of nitrogens with zero attached hydrogens (tertiary/aromatic N) is 1. The van der Waals surface area contributed by atoms with Gasteiger partial charge in [0.2, 0.25) is 0 Å². The van der Waals surface area contributed by atoms with Gasteiger partial charge >= 0.3 is 0 Å². The zero-order valence-corrected chi connectivity index (χ0v) is 10.9. The summed E-state index contributed by atoms with van der Waals surface area (Å²) in [5.41, 5.74) is 6.54. The largest absolute Gasteiger partial charge is 0.398 e. The predicted molar refractivity (Wildman–Crippen MR) is 74.3 cm³/mol. The van der Waals surface area contributed by atoms with Gasteiger partial charge in [-0.3, -0.25) is 4.79 Å². The highest BCUT2D eigenvalue weighted by atomic mass is 35.5. The van der Waals surface area contributed by atoms with E-state index in [9.17, 15) is 4.79 Å². The van der Waals surface area contributed by atoms with Gasteiger partial charge in [0.25, 0.3) is 5.91 Å². The van der Waals surface area contributed by atoms with Crippen molar-refractivity contribution >= 4 is 28.9 Å². The zero-order valence-electron chi connectivity index (χ0n) is 10.1. The molecule has 0 heterocycles. The smallest absolute Gasteiger partial charge is 0.267 e. The Kier molecular flexibility index (Phi) is 3.93. The Balaban J connectivity index is 2.03. The van der Waals surface area contributed by atoms with Crippen LogP contribution >= 0.6 is 11.6 Å². The first-order valence-corrected chi connectivity index (χ1v) is 6.20. The molecule has 1 fully saturated rings. The van der Waals surface area contributed by atoms with Crippen molar-refractivity contribution in [2.45, 2.75) is 18.9 Å². The second kappa shape index (κ2) is 5.63. The zero-order chi connectivity index (χ0) is 13.8. The van der Waals surface area contributed by atoms with E-state index in [0.717, 1.165) is 12.8 Å². The predicted octanol–water partition coefficient (Wildman–Crippen LogP) is 2.02. The lowest BCUT2D eigenvalue weighted by Gasteiger charge is -2.06. The van der Waals surface area contributed by atoms with Crippen LogP contribution in [-0.2, 0) is 4.79 Å². The SMILES string of the molecule is N#C/C(=C/NC1CC1)C(=O)Nc1ccc(N)c(Cl)c1. The molecule has 0 aromatic heterocycles. The Morgan fingerprint density at radius 3 is 2.84 bits per heavy atom. The highest BCUT2D eigenvalue weighted by Gasteiger charge is 2.20. The summed E-state index contributed by atoms with van der Waals surface area (Å²) in [6, 6.07) is 7.01. The first-order chi connectivity index (χ1) is 9.10. The number of amides is 1. The molecule has 6 heteroatoms. The van der Waals surface area contributed by atoms with E-state index in [4.69, 9.17) is 22.6 Å². The fraction of sp³-hybridized carbons (Fsp3) is 0.231. The Bertz CT molecular complexity index is 572. The van der Waals surface area contributed by atoms with Crippen LogP contribution in [0.25, 0.3) is 0 Å². The minimum absolute atomic E-state index is 0.0276. The van der Waals surface area contributed by atoms with Gasteiger partial charge in [-0.05, 0) is 31.0 Å². The molecule has 5 nitrogen and oxygen atoms in total. The van der Waals surface area contributed by atoms with Crippen LogP contribution in [0.3, 0.4) is 0 Å². The van der Waals surface area contributed by atoms with Crippen molar-refractivity contribution in [1.82, 2.24) is 5.32 Å². The molecule has 1 aromatic rings. The molecule has 1 amide bonds. The number of nitrogen functional groups attached to an aromatic ring is 1. The Morgan fingerprint density at radius 2 is 2.26 bits per heavy atom. The lowest BCUT2D eigenvalue weighted by molar-refractivity contribution is -0.112. The van der Waals surface area contributed by atoms with Crippen molar-refractivity contribution in [3.63, 3.8) is 0 Å². The first kappa shape index (κ1) is 13.2. The Morgan fingerprint density at radius 1 is 1.53 bits per heavy atom. The molecule has 0 saturated heterocycles. The molecule has 1 aliphatic rings. The maximum Gasteiger partial charge on any atom is 0.267 e. The molecule has 1 saturated carbocycles. The van der Waals surface area contributed by atoms with Crippen molar-refractivity contribution < 1.29 is 4.79 Å². The third kappa shape index (κ3) is 3.63. The molecule has 0 spiro atoms. The highest BCUT2D eigenvalue weighted by molar-refractivity contribution is 6.33. The summed E-state index contributed by atoms with van der Waals surface area (Å²) in [7, 11) is 0. The number of hydrogen-bond acceptors (Lipinski definition) is 4. The average molecular weight is 277 g/mol. The molecule has 98 valence electrons. The van der Waals surface area contributed by atoms with Gasteiger partial charge in [-0.1, -0.05) is 11.6 Å². The first-order valence-electron chi connectivity index (χ1n) is 5.83. The van der Waals surface area contributed by atoms with E-state index in [1.54, 1.807) is 12.1 Å². The third-order valence-corrected chi connectivity index (χ3v) is 2.99. The van der Waals surface area contributed by atoms with E-state index in [-0.39, 0.29) is 5.57 Å². The molecule has 1 aromatic carbocycles. The molecule has 0 aliphatic heterocycles. The molecule has 0 atom stereocenters. The lowest BCUT2D eigenvalue weighted by Crippen LogP contribution is -2.17. The molecule has 1 aliphatic carbocycles. The molecular formula is C13H13ClN4O. The molecule has 2 rings (SSSR count). The van der Waals surface area contributed by atoms with Crippen molar-refractivity contribution in [3.05, 3.63) is 35.0 Å². The molecule has 19 heavy (non-hydrogen) atoms. The number of anilines is 2. The molecule has 0 unspecified atom stereocenters. The molecule has 0 bridgehead atoms. The number of benzene rings is 1. The molecule has 0 radical (unpaired) electrons. The number of nitrogens with two attached hydrogens (primary N) is 1. The van der Waals surface area contributed by atoms with Crippen LogP contribution < -0.4 is 16.4 Å². The maximum absolute atomic E-state index is 11.9. The number of halogens is 1. The number of nitriles is 1. The van der Waals surface area contributed by atoms with Crippen LogP contribution in [0, 0.1) is 11.3 Å². The van der Waals surface area contributed by atoms with Gasteiger partial charge in [0.15, 0.2) is 0 Å². The number of rotatable bonds is 4. The topological polar surface area (TPSA) is 90.9 Å². The molecule has 4 N–H and O–H groups in total. The van der Waals surface area contributed by atoms with Gasteiger partial charge in [-0.25, -0.2) is 0 Å². The van der Waals surface area contributed by atoms with Gasteiger partial charge in [-0.2, -0.15) is 5.26 Å². The van der Waals surface area contributed by atoms with E-state index in [1.807, 2.05) is 6.07 Å². The van der Waals surface area contributed by atoms with Crippen LogP contribution in [0.15, 0.2) is 30.0 Å². The van der Waals surface area contributed by atoms with Crippen LogP contribution in [0.5, 0.6) is 0 Å². The van der Waals surface area contributed by atoms with E-state index < -0.39 is 5.91 Å². The van der Waals surface area contributed by atoms with Crippen molar-refractivity contribution in [3.8, 4) is 6.07 Å². The number of nitrogens with one attached hydrogen (secondary N) is 2. The van der Waals surface area contributed by atoms with Gasteiger partial charge in [-0.15, -0.1) is 0 Å². The summed E-state index contributed by atoms with van der Waals surface area (Å²) in [5, 5.41) is 14.9. The Hall–Kier alpha value is -2.19. The summed E-state index contributed by atoms with van der Waals surface area (Å²) < 4.78 is 0. The standard InChI is InChI=1S/C13H13ClN4O/c14-11-5-10(3-4-12(11)16)18-13(19)8(6-15)7-17-9-1-2-9/h3-5,7,9,17H,1-2,16H2,(H,18,19)/b8-7-. The highest BCUT2D eigenvalue weighted by Crippen LogP contribution is 2.23. The lowest BCUT2D eigenvalue weighted by atomic mass is 10.2. The van der Waals surface area contributed by atoms with E-state index in [0.29, 0.717) is 22.4 Å². The average Bonchev–Trinajstić information content (AvgIpc) is 3.19. The summed E-state index contributed by atoms with van der Waals surface area (Å²) in [5.74, 6) is -0.475. The van der Waals surface area contributed by atoms with Crippen LogP contribution in [0.1, 0.15) is 12.8 Å². The fourth-order valence-electron chi connectivity index (χ4n) is 1.40. The summed E-state index contributed by atoms with van der Waals surface area (Å²) >= 11 is 5.85. The van der Waals surface area contributed by atoms with Crippen molar-refractivity contribution in [2.24, 2.45) is 0 Å². The molecular weight excluding hydrogens is 264 g/mol. The van der Waals surface area contributed by atoms with Crippen molar-refractivity contribution in [2.75, 3.05) is 11.1 Å². The van der Waals surface area contributed by atoms with Crippen molar-refractivity contribution in [1.29, 1.82) is 5.26 Å². The quantitative estimate of drug-likeness (QED) is 0.446. The number of carbonyl (C=O) groups excluding carboxylic acids is 1. The number of hydrogen-bond donors (Lipinski definition) is 3. The van der Waals surface area contributed by atoms with Crippen LogP contribution in [-0.4, -0.2) is 11.9 Å². The van der Waals surface area contributed by atoms with E-state index in [1.165, 1.54) is 12.3 Å². The minimum atomic E-state index is -0.475. The minimum Gasteiger partial charge on any atom is -0.398 e. The van der Waals surface area contributed by atoms with Crippen LogP contribution in [0.2, 0.25) is 5.02 Å². The Labute approximate surface area is 116 Å². The van der Waals surface area contributed by atoms with Crippen LogP contribution in [0.4, 0.5) is 11.4 Å². The second-order valence-corrected chi connectivity index (χ2v) is 4.71. The van der Waals surface area contributed by atoms with Gasteiger partial charge in [0.05, 0.1) is 10.7 Å². The van der Waals surface area contributed by atoms with Gasteiger partial charge in [0.1, 0.15) is 11.6 Å². The fourth-order valence-corrected chi connectivity index (χ4v) is 1.58. The number of carbonyl (C=O) groups is 1. The van der Waals surface area contributed by atoms with E-state index >= 15 is 0 Å². The summed E-state index contributed by atoms with van der Waals surface area (Å²) in [6.45, 7) is 0. The maximum atomic E-state index is 11.9. The third-order valence-electron chi connectivity index (χ3n) is 2.66. The summed E-state index contributed by atoms with van der Waals surface area (Å²) in [4.78, 5) is 11.9. The summed E-state index contributed by atoms with van der Waals surface area (Å²) in [6.07, 6.45) is 3.60. The van der Waals surface area contributed by atoms with E-state index in [2.05, 4.69) is 10.6 Å². The van der Waals surface area contributed by atoms with Gasteiger partial charge < -0.3 is 16.4 Å². The monoisotopic (exact) mass is 276 g/mol. The van der Waals surface area contributed by atoms with Gasteiger partial charge in [0, 0.05) is 17.9 Å². The second-order valence-electron chi connectivity index (χ2n) is 4.30.